The lowest BCUT2D eigenvalue weighted by Crippen LogP contribution is -1.82. The van der Waals surface area contributed by atoms with Crippen LogP contribution in [0.25, 0.3) is 10.8 Å². The van der Waals surface area contributed by atoms with Gasteiger partial charge in [0.05, 0.1) is 5.56 Å². The van der Waals surface area contributed by atoms with Crippen LogP contribution in [0.2, 0.25) is 0 Å². The predicted octanol–water partition coefficient (Wildman–Crippen LogP) is 2.41. The van der Waals surface area contributed by atoms with E-state index in [4.69, 9.17) is 5.26 Å². The summed E-state index contributed by atoms with van der Waals surface area (Å²) in [5, 5.41) is 10.8. The van der Waals surface area contributed by atoms with Crippen LogP contribution in [-0.4, -0.2) is 4.98 Å². The highest BCUT2D eigenvalue weighted by atomic mass is 14.6. The Kier molecular flexibility index (Phi) is 1.71. The molecule has 2 heteroatoms. The van der Waals surface area contributed by atoms with Crippen LogP contribution >= 0.6 is 0 Å². The number of pyridine rings is 1. The summed E-state index contributed by atoms with van der Waals surface area (Å²) in [5.74, 6) is 0. The number of benzene rings is 1. The number of fused-ring (bicyclic) bond motifs is 1. The molecule has 0 aliphatic heterocycles. The third-order valence-electron chi connectivity index (χ3n) is 2.03. The van der Waals surface area contributed by atoms with Gasteiger partial charge in [-0.25, -0.2) is 0 Å². The maximum atomic E-state index is 8.81. The lowest BCUT2D eigenvalue weighted by atomic mass is 10.1. The Morgan fingerprint density at radius 1 is 1.31 bits per heavy atom. The molecule has 0 unspecified atom stereocenters. The molecule has 62 valence electrons. The van der Waals surface area contributed by atoms with Crippen molar-refractivity contribution >= 4 is 10.8 Å². The molecular weight excluding hydrogens is 160 g/mol. The van der Waals surface area contributed by atoms with Crippen LogP contribution in [0.4, 0.5) is 0 Å². The molecule has 13 heavy (non-hydrogen) atoms. The highest BCUT2D eigenvalue weighted by molar-refractivity contribution is 5.87. The molecule has 2 nitrogen and oxygen atoms in total. The van der Waals surface area contributed by atoms with Crippen molar-refractivity contribution in [2.24, 2.45) is 0 Å². The summed E-state index contributed by atoms with van der Waals surface area (Å²) >= 11 is 0. The van der Waals surface area contributed by atoms with Gasteiger partial charge in [0.15, 0.2) is 0 Å². The van der Waals surface area contributed by atoms with Crippen LogP contribution in [0.3, 0.4) is 0 Å². The van der Waals surface area contributed by atoms with Gasteiger partial charge in [0.2, 0.25) is 0 Å². The minimum atomic E-state index is 0.637. The first-order valence-electron chi connectivity index (χ1n) is 4.06. The fraction of sp³-hybridized carbons (Fsp3) is 0.0909. The first kappa shape index (κ1) is 7.75. The van der Waals surface area contributed by atoms with Gasteiger partial charge in [-0.3, -0.25) is 4.98 Å². The predicted molar refractivity (Wildman–Crippen MR) is 51.2 cm³/mol. The second-order valence-electron chi connectivity index (χ2n) is 3.02. The number of hydrogen-bond donors (Lipinski definition) is 0. The van der Waals surface area contributed by atoms with Gasteiger partial charge < -0.3 is 0 Å². The molecule has 0 saturated carbocycles. The molecule has 0 spiro atoms. The summed E-state index contributed by atoms with van der Waals surface area (Å²) in [6.07, 6.45) is 3.38. The van der Waals surface area contributed by atoms with Gasteiger partial charge in [0.1, 0.15) is 6.07 Å². The van der Waals surface area contributed by atoms with Gasteiger partial charge in [0, 0.05) is 23.2 Å². The molecule has 0 bridgehead atoms. The van der Waals surface area contributed by atoms with E-state index < -0.39 is 0 Å². The maximum Gasteiger partial charge on any atom is 0.101 e. The Balaban J connectivity index is 2.87. The first-order valence-corrected chi connectivity index (χ1v) is 4.06. The minimum Gasteiger partial charge on any atom is -0.263 e. The fourth-order valence-electron chi connectivity index (χ4n) is 1.38. The Hall–Kier alpha value is -1.88. The molecule has 0 radical (unpaired) electrons. The molecule has 1 aromatic heterocycles. The lowest BCUT2D eigenvalue weighted by Gasteiger charge is -1.99. The summed E-state index contributed by atoms with van der Waals surface area (Å²) in [4.78, 5) is 4.00. The topological polar surface area (TPSA) is 36.7 Å². The molecule has 0 aliphatic carbocycles. The maximum absolute atomic E-state index is 8.81. The molecule has 1 heterocycles. The van der Waals surface area contributed by atoms with Crippen LogP contribution in [0.15, 0.2) is 30.6 Å². The van der Waals surface area contributed by atoms with Gasteiger partial charge in [0.25, 0.3) is 0 Å². The van der Waals surface area contributed by atoms with E-state index in [1.165, 1.54) is 5.56 Å². The van der Waals surface area contributed by atoms with Crippen molar-refractivity contribution in [1.82, 2.24) is 4.98 Å². The molecule has 0 aliphatic rings. The van der Waals surface area contributed by atoms with Crippen LogP contribution in [0, 0.1) is 18.3 Å². The van der Waals surface area contributed by atoms with Crippen molar-refractivity contribution in [2.45, 2.75) is 6.92 Å². The number of rotatable bonds is 0. The smallest absolute Gasteiger partial charge is 0.101 e. The summed E-state index contributed by atoms with van der Waals surface area (Å²) in [7, 11) is 0. The standard InChI is InChI=1S/C11H8N2/c1-8-2-3-11-9(4-8)6-13-7-10(11)5-12/h2-4,6-7H,1H3. The Labute approximate surface area is 76.5 Å². The zero-order chi connectivity index (χ0) is 9.26. The number of aryl methyl sites for hydroxylation is 1. The third kappa shape index (κ3) is 1.25. The SMILES string of the molecule is Cc1ccc2c(C#N)cncc2c1. The number of aromatic nitrogens is 1. The van der Waals surface area contributed by atoms with Crippen LogP contribution < -0.4 is 0 Å². The molecule has 0 N–H and O–H groups in total. The molecule has 2 rings (SSSR count). The largest absolute Gasteiger partial charge is 0.263 e. The van der Waals surface area contributed by atoms with E-state index in [1.807, 2.05) is 25.1 Å². The van der Waals surface area contributed by atoms with Crippen LogP contribution in [0.5, 0.6) is 0 Å². The van der Waals surface area contributed by atoms with E-state index >= 15 is 0 Å². The zero-order valence-corrected chi connectivity index (χ0v) is 7.28. The van der Waals surface area contributed by atoms with E-state index in [0.29, 0.717) is 5.56 Å². The van der Waals surface area contributed by atoms with Gasteiger partial charge in [-0.15, -0.1) is 0 Å². The minimum absolute atomic E-state index is 0.637. The second kappa shape index (κ2) is 2.87. The highest BCUT2D eigenvalue weighted by Gasteiger charge is 1.99. The van der Waals surface area contributed by atoms with Crippen LogP contribution in [-0.2, 0) is 0 Å². The average molecular weight is 168 g/mol. The van der Waals surface area contributed by atoms with Crippen molar-refractivity contribution in [3.63, 3.8) is 0 Å². The van der Waals surface area contributed by atoms with Crippen molar-refractivity contribution in [2.75, 3.05) is 0 Å². The molecule has 0 atom stereocenters. The van der Waals surface area contributed by atoms with E-state index in [0.717, 1.165) is 10.8 Å². The molecular formula is C11H8N2. The summed E-state index contributed by atoms with van der Waals surface area (Å²) in [6, 6.07) is 8.12. The zero-order valence-electron chi connectivity index (χ0n) is 7.28. The van der Waals surface area contributed by atoms with E-state index in [-0.39, 0.29) is 0 Å². The highest BCUT2D eigenvalue weighted by Crippen LogP contribution is 2.17. The van der Waals surface area contributed by atoms with Crippen molar-refractivity contribution in [3.8, 4) is 6.07 Å². The van der Waals surface area contributed by atoms with E-state index in [2.05, 4.69) is 11.1 Å². The normalized spacial score (nSPS) is 9.85. The molecule has 0 saturated heterocycles. The van der Waals surface area contributed by atoms with Crippen molar-refractivity contribution in [1.29, 1.82) is 5.26 Å². The number of nitrogens with zero attached hydrogens (tertiary/aromatic N) is 2. The summed E-state index contributed by atoms with van der Waals surface area (Å²) in [5.41, 5.74) is 1.82. The Morgan fingerprint density at radius 3 is 2.92 bits per heavy atom. The first-order chi connectivity index (χ1) is 6.31. The third-order valence-corrected chi connectivity index (χ3v) is 2.03. The van der Waals surface area contributed by atoms with Gasteiger partial charge in [-0.05, 0) is 13.0 Å². The molecule has 1 aromatic carbocycles. The number of nitriles is 1. The van der Waals surface area contributed by atoms with Crippen LogP contribution in [0.1, 0.15) is 11.1 Å². The number of hydrogen-bond acceptors (Lipinski definition) is 2. The average Bonchev–Trinajstić information content (AvgIpc) is 2.16. The van der Waals surface area contributed by atoms with Crippen molar-refractivity contribution < 1.29 is 0 Å². The monoisotopic (exact) mass is 168 g/mol. The van der Waals surface area contributed by atoms with Gasteiger partial charge in [-0.1, -0.05) is 17.7 Å². The lowest BCUT2D eigenvalue weighted by molar-refractivity contribution is 1.33. The molecule has 0 fully saturated rings. The fourth-order valence-corrected chi connectivity index (χ4v) is 1.38. The van der Waals surface area contributed by atoms with Gasteiger partial charge >= 0.3 is 0 Å². The molecule has 0 amide bonds. The Morgan fingerprint density at radius 2 is 2.15 bits per heavy atom. The second-order valence-corrected chi connectivity index (χ2v) is 3.02. The molecule has 2 aromatic rings. The Bertz CT molecular complexity index is 495. The quantitative estimate of drug-likeness (QED) is 0.605. The van der Waals surface area contributed by atoms with Gasteiger partial charge in [-0.2, -0.15) is 5.26 Å². The van der Waals surface area contributed by atoms with Crippen molar-refractivity contribution in [3.05, 3.63) is 41.7 Å². The summed E-state index contributed by atoms with van der Waals surface area (Å²) in [6.45, 7) is 2.03. The van der Waals surface area contributed by atoms with E-state index in [1.54, 1.807) is 12.4 Å². The summed E-state index contributed by atoms with van der Waals surface area (Å²) < 4.78 is 0. The van der Waals surface area contributed by atoms with E-state index in [9.17, 15) is 0 Å².